The maximum atomic E-state index is 14.2. The van der Waals surface area contributed by atoms with Crippen LogP contribution in [0.25, 0.3) is 0 Å². The SMILES string of the molecule is CC1CCN(CCCN2C(=O)[C@@H]3[C@@H](C(=O)Nc4cc(Cl)cc(Cl)c4)[C@@H]4C=C[C@@]3(O4)[C@H]2C(=O)NC2CCCCC2)CC1. The van der Waals surface area contributed by atoms with Gasteiger partial charge in [-0.3, -0.25) is 14.4 Å². The normalized spacial score (nSPS) is 32.0. The van der Waals surface area contributed by atoms with Crippen molar-refractivity contribution in [2.45, 2.75) is 82.1 Å². The number of likely N-dealkylation sites (tertiary alicyclic amines) is 2. The van der Waals surface area contributed by atoms with Crippen LogP contribution in [0.5, 0.6) is 0 Å². The standard InChI is InChI=1S/C31H40Cl2N4O4/c1-19-9-14-36(15-10-19)12-5-13-37-27(29(39)34-22-6-3-2-4-7-22)31-11-8-24(41-31)25(26(31)30(37)40)28(38)35-23-17-20(32)16-21(33)18-23/h8,11,16-19,22,24-27H,2-7,9-10,12-15H2,1H3,(H,34,39)(H,35,38)/t24-,25-,26-,27+,31-/m0/s1. The van der Waals surface area contributed by atoms with Crippen LogP contribution in [0.2, 0.25) is 10.0 Å². The highest BCUT2D eigenvalue weighted by Crippen LogP contribution is 2.55. The summed E-state index contributed by atoms with van der Waals surface area (Å²) in [5.74, 6) is -1.48. The summed E-state index contributed by atoms with van der Waals surface area (Å²) in [7, 11) is 0. The number of amides is 3. The number of piperidine rings is 1. The molecule has 41 heavy (non-hydrogen) atoms. The quantitative estimate of drug-likeness (QED) is 0.423. The van der Waals surface area contributed by atoms with Crippen LogP contribution in [0.15, 0.2) is 30.4 Å². The molecule has 0 aromatic heterocycles. The molecule has 0 unspecified atom stereocenters. The Bertz CT molecular complexity index is 1190. The second-order valence-corrected chi connectivity index (χ2v) is 13.5. The Hall–Kier alpha value is -2.13. The Morgan fingerprint density at radius 2 is 1.71 bits per heavy atom. The van der Waals surface area contributed by atoms with Crippen molar-refractivity contribution in [1.29, 1.82) is 0 Å². The average molecular weight is 604 g/mol. The van der Waals surface area contributed by atoms with Crippen molar-refractivity contribution in [3.8, 4) is 0 Å². The zero-order valence-corrected chi connectivity index (χ0v) is 25.1. The van der Waals surface area contributed by atoms with E-state index < -0.39 is 29.6 Å². The fourth-order valence-corrected chi connectivity index (χ4v) is 8.16. The molecule has 4 aliphatic heterocycles. The van der Waals surface area contributed by atoms with Crippen LogP contribution in [-0.2, 0) is 19.1 Å². The third-order valence-electron chi connectivity index (χ3n) is 9.76. The second kappa shape index (κ2) is 11.9. The molecule has 1 aromatic rings. The van der Waals surface area contributed by atoms with E-state index in [-0.39, 0.29) is 23.8 Å². The van der Waals surface area contributed by atoms with E-state index in [0.717, 1.165) is 57.7 Å². The Labute approximate surface area is 252 Å². The van der Waals surface area contributed by atoms with Gasteiger partial charge < -0.3 is 25.2 Å². The number of anilines is 1. The van der Waals surface area contributed by atoms with Crippen LogP contribution < -0.4 is 10.6 Å². The molecule has 6 rings (SSSR count). The predicted octanol–water partition coefficient (Wildman–Crippen LogP) is 4.65. The fourth-order valence-electron chi connectivity index (χ4n) is 7.64. The molecule has 4 fully saturated rings. The maximum Gasteiger partial charge on any atom is 0.246 e. The highest BCUT2D eigenvalue weighted by molar-refractivity contribution is 6.35. The van der Waals surface area contributed by atoms with Crippen LogP contribution in [0.1, 0.15) is 58.3 Å². The van der Waals surface area contributed by atoms with Crippen molar-refractivity contribution in [1.82, 2.24) is 15.1 Å². The summed E-state index contributed by atoms with van der Waals surface area (Å²) in [6.45, 7) is 5.76. The summed E-state index contributed by atoms with van der Waals surface area (Å²) < 4.78 is 6.48. The van der Waals surface area contributed by atoms with Crippen LogP contribution in [0, 0.1) is 17.8 Å². The van der Waals surface area contributed by atoms with Gasteiger partial charge in [0.25, 0.3) is 0 Å². The second-order valence-electron chi connectivity index (χ2n) is 12.6. The molecule has 3 amide bonds. The Balaban J connectivity index is 1.23. The molecule has 5 atom stereocenters. The third-order valence-corrected chi connectivity index (χ3v) is 10.2. The van der Waals surface area contributed by atoms with Crippen molar-refractivity contribution in [3.05, 3.63) is 40.4 Å². The molecule has 5 aliphatic rings. The van der Waals surface area contributed by atoms with Gasteiger partial charge in [-0.15, -0.1) is 0 Å². The van der Waals surface area contributed by atoms with Gasteiger partial charge in [0, 0.05) is 28.3 Å². The van der Waals surface area contributed by atoms with E-state index in [9.17, 15) is 14.4 Å². The Morgan fingerprint density at radius 1 is 1.00 bits per heavy atom. The molecule has 0 radical (unpaired) electrons. The minimum Gasteiger partial charge on any atom is -0.359 e. The molecule has 10 heteroatoms. The van der Waals surface area contributed by atoms with Crippen molar-refractivity contribution < 1.29 is 19.1 Å². The number of hydrogen-bond donors (Lipinski definition) is 2. The average Bonchev–Trinajstić information content (AvgIpc) is 3.57. The zero-order valence-electron chi connectivity index (χ0n) is 23.6. The molecule has 1 aliphatic carbocycles. The number of fused-ring (bicyclic) bond motifs is 1. The molecule has 1 aromatic carbocycles. The molecule has 2 bridgehead atoms. The van der Waals surface area contributed by atoms with E-state index >= 15 is 0 Å². The number of rotatable bonds is 8. The van der Waals surface area contributed by atoms with E-state index in [1.54, 1.807) is 23.1 Å². The van der Waals surface area contributed by atoms with Crippen LogP contribution in [0.4, 0.5) is 5.69 Å². The van der Waals surface area contributed by atoms with Gasteiger partial charge in [-0.05, 0) is 75.9 Å². The number of ether oxygens (including phenoxy) is 1. The fraction of sp³-hybridized carbons (Fsp3) is 0.645. The third kappa shape index (κ3) is 5.65. The number of halogens is 2. The van der Waals surface area contributed by atoms with Gasteiger partial charge in [0.05, 0.1) is 17.9 Å². The molecular weight excluding hydrogens is 563 g/mol. The molecular formula is C31H40Cl2N4O4. The molecule has 8 nitrogen and oxygen atoms in total. The molecule has 3 saturated heterocycles. The lowest BCUT2D eigenvalue weighted by Crippen LogP contribution is -2.56. The van der Waals surface area contributed by atoms with E-state index in [1.807, 2.05) is 12.2 Å². The number of nitrogens with one attached hydrogen (secondary N) is 2. The summed E-state index contributed by atoms with van der Waals surface area (Å²) in [6.07, 6.45) is 11.5. The molecule has 2 N–H and O–H groups in total. The number of carbonyl (C=O) groups excluding carboxylic acids is 3. The number of nitrogens with zero attached hydrogens (tertiary/aromatic N) is 2. The van der Waals surface area contributed by atoms with E-state index in [2.05, 4.69) is 22.5 Å². The van der Waals surface area contributed by atoms with Crippen LogP contribution >= 0.6 is 23.2 Å². The number of benzene rings is 1. The molecule has 222 valence electrons. The lowest BCUT2D eigenvalue weighted by atomic mass is 9.74. The van der Waals surface area contributed by atoms with E-state index in [1.165, 1.54) is 19.3 Å². The first-order valence-corrected chi connectivity index (χ1v) is 16.0. The van der Waals surface area contributed by atoms with Gasteiger partial charge in [0.1, 0.15) is 11.6 Å². The van der Waals surface area contributed by atoms with Crippen molar-refractivity contribution in [2.75, 3.05) is 31.5 Å². The van der Waals surface area contributed by atoms with Gasteiger partial charge in [-0.25, -0.2) is 0 Å². The highest BCUT2D eigenvalue weighted by atomic mass is 35.5. The van der Waals surface area contributed by atoms with Crippen LogP contribution in [-0.4, -0.2) is 77.5 Å². The van der Waals surface area contributed by atoms with Crippen LogP contribution in [0.3, 0.4) is 0 Å². The smallest absolute Gasteiger partial charge is 0.246 e. The first-order valence-electron chi connectivity index (χ1n) is 15.2. The largest absolute Gasteiger partial charge is 0.359 e. The predicted molar refractivity (Wildman–Crippen MR) is 159 cm³/mol. The first kappa shape index (κ1) is 29.0. The monoisotopic (exact) mass is 602 g/mol. The summed E-state index contributed by atoms with van der Waals surface area (Å²) in [4.78, 5) is 46.0. The molecule has 1 spiro atoms. The van der Waals surface area contributed by atoms with E-state index in [4.69, 9.17) is 27.9 Å². The van der Waals surface area contributed by atoms with Gasteiger partial charge in [0.15, 0.2) is 0 Å². The zero-order chi connectivity index (χ0) is 28.7. The van der Waals surface area contributed by atoms with Gasteiger partial charge >= 0.3 is 0 Å². The van der Waals surface area contributed by atoms with Crippen molar-refractivity contribution in [2.24, 2.45) is 17.8 Å². The highest BCUT2D eigenvalue weighted by Gasteiger charge is 2.72. The first-order chi connectivity index (χ1) is 19.7. The number of carbonyl (C=O) groups is 3. The molecule has 1 saturated carbocycles. The Morgan fingerprint density at radius 3 is 2.41 bits per heavy atom. The topological polar surface area (TPSA) is 91.0 Å². The summed E-state index contributed by atoms with van der Waals surface area (Å²) in [6, 6.07) is 4.14. The maximum absolute atomic E-state index is 14.2. The lowest BCUT2D eigenvalue weighted by molar-refractivity contribution is -0.141. The summed E-state index contributed by atoms with van der Waals surface area (Å²) in [5, 5.41) is 6.95. The van der Waals surface area contributed by atoms with Gasteiger partial charge in [-0.2, -0.15) is 0 Å². The minimum absolute atomic E-state index is 0.105. The number of hydrogen-bond acceptors (Lipinski definition) is 5. The lowest BCUT2D eigenvalue weighted by Gasteiger charge is -2.35. The Kier molecular flexibility index (Phi) is 8.38. The summed E-state index contributed by atoms with van der Waals surface area (Å²) >= 11 is 12.3. The minimum atomic E-state index is -1.16. The molecule has 4 heterocycles. The van der Waals surface area contributed by atoms with E-state index in [0.29, 0.717) is 22.3 Å². The van der Waals surface area contributed by atoms with Gasteiger partial charge in [-0.1, -0.05) is 61.5 Å². The van der Waals surface area contributed by atoms with Crippen molar-refractivity contribution >= 4 is 46.6 Å². The summed E-state index contributed by atoms with van der Waals surface area (Å²) in [5.41, 5.74) is -0.701. The van der Waals surface area contributed by atoms with Crippen molar-refractivity contribution in [3.63, 3.8) is 0 Å². The van der Waals surface area contributed by atoms with Gasteiger partial charge in [0.2, 0.25) is 17.7 Å².